The normalized spacial score (nSPS) is 23.1. The topological polar surface area (TPSA) is 78.3 Å². The third kappa shape index (κ3) is 5.31. The van der Waals surface area contributed by atoms with E-state index in [1.54, 1.807) is 6.33 Å². The van der Waals surface area contributed by atoms with Gasteiger partial charge in [-0.2, -0.15) is 0 Å². The Hall–Kier alpha value is -2.15. The lowest BCUT2D eigenvalue weighted by Gasteiger charge is -2.35. The van der Waals surface area contributed by atoms with Crippen molar-refractivity contribution in [1.82, 2.24) is 19.9 Å². The van der Waals surface area contributed by atoms with Crippen molar-refractivity contribution in [1.29, 1.82) is 0 Å². The summed E-state index contributed by atoms with van der Waals surface area (Å²) in [6.07, 6.45) is 12.7. The molecule has 2 aromatic heterocycles. The first-order valence-electron chi connectivity index (χ1n) is 11.4. The van der Waals surface area contributed by atoms with E-state index in [0.29, 0.717) is 25.0 Å². The summed E-state index contributed by atoms with van der Waals surface area (Å²) in [5, 5.41) is 3.85. The van der Waals surface area contributed by atoms with Gasteiger partial charge in [0.15, 0.2) is 0 Å². The first-order valence-corrected chi connectivity index (χ1v) is 11.4. The molecule has 1 N–H and O–H groups in total. The highest BCUT2D eigenvalue weighted by Gasteiger charge is 2.31. The zero-order valence-corrected chi connectivity index (χ0v) is 18.2. The van der Waals surface area contributed by atoms with Crippen LogP contribution in [0.2, 0.25) is 0 Å². The van der Waals surface area contributed by atoms with Crippen molar-refractivity contribution in [2.24, 2.45) is 11.8 Å². The van der Waals surface area contributed by atoms with Gasteiger partial charge in [-0.05, 0) is 50.5 Å². The van der Waals surface area contributed by atoms with Gasteiger partial charge in [-0.15, -0.1) is 0 Å². The molecule has 0 radical (unpaired) electrons. The molecule has 7 heteroatoms. The molecule has 1 atom stereocenters. The molecule has 4 rings (SSSR count). The smallest absolute Gasteiger partial charge is 0.226 e. The molecule has 0 spiro atoms. The Labute approximate surface area is 178 Å². The lowest BCUT2D eigenvalue weighted by atomic mass is 9.83. The Morgan fingerprint density at radius 3 is 2.80 bits per heavy atom. The number of ether oxygens (including phenoxy) is 2. The van der Waals surface area contributed by atoms with Crippen LogP contribution in [0.5, 0.6) is 5.88 Å². The van der Waals surface area contributed by atoms with Gasteiger partial charge in [-0.25, -0.2) is 9.97 Å². The van der Waals surface area contributed by atoms with Gasteiger partial charge in [0, 0.05) is 25.7 Å². The van der Waals surface area contributed by atoms with E-state index in [9.17, 15) is 4.79 Å². The first-order chi connectivity index (χ1) is 14.6. The van der Waals surface area contributed by atoms with Crippen LogP contribution in [-0.2, 0) is 16.1 Å². The van der Waals surface area contributed by atoms with Crippen LogP contribution >= 0.6 is 0 Å². The minimum atomic E-state index is -0.0188. The van der Waals surface area contributed by atoms with Crippen molar-refractivity contribution in [3.8, 4) is 5.88 Å². The van der Waals surface area contributed by atoms with Crippen molar-refractivity contribution in [3.05, 3.63) is 18.6 Å². The Bertz CT molecular complexity index is 840. The third-order valence-corrected chi connectivity index (χ3v) is 6.38. The molecule has 2 fully saturated rings. The first kappa shape index (κ1) is 21.1. The van der Waals surface area contributed by atoms with E-state index in [0.717, 1.165) is 36.3 Å². The Morgan fingerprint density at radius 1 is 1.23 bits per heavy atom. The molecule has 164 valence electrons. The summed E-state index contributed by atoms with van der Waals surface area (Å²) >= 11 is 0. The lowest BCUT2D eigenvalue weighted by molar-refractivity contribution is -0.120. The molecule has 0 bridgehead atoms. The summed E-state index contributed by atoms with van der Waals surface area (Å²) in [5.41, 5.74) is 0.979. The molecule has 2 aliphatic rings. The fraction of sp³-hybridized carbons (Fsp3) is 0.696. The largest absolute Gasteiger partial charge is 0.477 e. The highest BCUT2D eigenvalue weighted by molar-refractivity contribution is 5.81. The number of nitrogens with one attached hydrogen (secondary N) is 1. The van der Waals surface area contributed by atoms with E-state index in [-0.39, 0.29) is 18.1 Å². The quantitative estimate of drug-likeness (QED) is 0.677. The van der Waals surface area contributed by atoms with Crippen molar-refractivity contribution in [2.75, 3.05) is 13.2 Å². The Morgan fingerprint density at radius 2 is 2.03 bits per heavy atom. The summed E-state index contributed by atoms with van der Waals surface area (Å²) in [6.45, 7) is 5.74. The van der Waals surface area contributed by atoms with Crippen molar-refractivity contribution >= 4 is 16.9 Å². The Balaban J connectivity index is 1.25. The lowest BCUT2D eigenvalue weighted by Crippen LogP contribution is -2.40. The molecule has 0 aromatic carbocycles. The van der Waals surface area contributed by atoms with Gasteiger partial charge in [0.05, 0.1) is 24.7 Å². The SMILES string of the molecule is CC(=O)N[C@@H](C)COC1CC(COc2ncnc3c2ccn3CC2CCCCC2)C1. The molecule has 0 aliphatic heterocycles. The molecule has 2 heterocycles. The number of rotatable bonds is 9. The highest BCUT2D eigenvalue weighted by Crippen LogP contribution is 2.32. The van der Waals surface area contributed by atoms with Crippen LogP contribution in [0.1, 0.15) is 58.8 Å². The minimum absolute atomic E-state index is 0.0188. The number of hydrogen-bond donors (Lipinski definition) is 1. The fourth-order valence-electron chi connectivity index (χ4n) is 4.70. The molecule has 1 amide bonds. The average Bonchev–Trinajstić information content (AvgIpc) is 3.10. The van der Waals surface area contributed by atoms with Crippen LogP contribution in [0.3, 0.4) is 0 Å². The van der Waals surface area contributed by atoms with E-state index in [2.05, 4.69) is 32.1 Å². The van der Waals surface area contributed by atoms with Gasteiger partial charge in [0.1, 0.15) is 12.0 Å². The standard InChI is InChI=1S/C23H34N4O3/c1-16(26-17(2)28)13-29-20-10-19(11-20)14-30-23-21-8-9-27(22(21)24-15-25-23)12-18-6-4-3-5-7-18/h8-9,15-16,18-20H,3-7,10-14H2,1-2H3,(H,26,28)/t16-,19?,20?/m0/s1. The second kappa shape index (κ2) is 9.77. The maximum absolute atomic E-state index is 11.1. The van der Waals surface area contributed by atoms with E-state index >= 15 is 0 Å². The van der Waals surface area contributed by atoms with Gasteiger partial charge >= 0.3 is 0 Å². The van der Waals surface area contributed by atoms with Crippen LogP contribution in [0.4, 0.5) is 0 Å². The molecule has 2 aromatic rings. The predicted octanol–water partition coefficient (Wildman–Crippen LogP) is 3.71. The summed E-state index contributed by atoms with van der Waals surface area (Å²) in [7, 11) is 0. The number of nitrogens with zero attached hydrogens (tertiary/aromatic N) is 3. The summed E-state index contributed by atoms with van der Waals surface area (Å²) < 4.78 is 14.2. The molecule has 7 nitrogen and oxygen atoms in total. The number of carbonyl (C=O) groups is 1. The zero-order chi connectivity index (χ0) is 20.9. The number of hydrogen-bond acceptors (Lipinski definition) is 5. The van der Waals surface area contributed by atoms with Crippen LogP contribution in [0.25, 0.3) is 11.0 Å². The molecule has 2 aliphatic carbocycles. The maximum atomic E-state index is 11.1. The number of aromatic nitrogens is 3. The van der Waals surface area contributed by atoms with Gasteiger partial charge in [-0.3, -0.25) is 4.79 Å². The monoisotopic (exact) mass is 414 g/mol. The van der Waals surface area contributed by atoms with Crippen LogP contribution < -0.4 is 10.1 Å². The van der Waals surface area contributed by atoms with Crippen LogP contribution in [0, 0.1) is 11.8 Å². The maximum Gasteiger partial charge on any atom is 0.226 e. The van der Waals surface area contributed by atoms with Crippen molar-refractivity contribution in [2.45, 2.75) is 77.5 Å². The zero-order valence-electron chi connectivity index (χ0n) is 18.2. The summed E-state index contributed by atoms with van der Waals surface area (Å²) in [5.74, 6) is 1.91. The van der Waals surface area contributed by atoms with Gasteiger partial charge in [-0.1, -0.05) is 19.3 Å². The highest BCUT2D eigenvalue weighted by atomic mass is 16.5. The number of carbonyl (C=O) groups excluding carboxylic acids is 1. The van der Waals surface area contributed by atoms with Crippen molar-refractivity contribution in [3.63, 3.8) is 0 Å². The van der Waals surface area contributed by atoms with Gasteiger partial charge in [0.2, 0.25) is 11.8 Å². The van der Waals surface area contributed by atoms with E-state index in [4.69, 9.17) is 9.47 Å². The van der Waals surface area contributed by atoms with Crippen LogP contribution in [0.15, 0.2) is 18.6 Å². The van der Waals surface area contributed by atoms with E-state index in [1.807, 2.05) is 6.92 Å². The molecule has 2 saturated carbocycles. The average molecular weight is 415 g/mol. The molecular formula is C23H34N4O3. The predicted molar refractivity (Wildman–Crippen MR) is 115 cm³/mol. The van der Waals surface area contributed by atoms with Gasteiger partial charge < -0.3 is 19.4 Å². The molecule has 30 heavy (non-hydrogen) atoms. The molecular weight excluding hydrogens is 380 g/mol. The third-order valence-electron chi connectivity index (χ3n) is 6.38. The van der Waals surface area contributed by atoms with Crippen molar-refractivity contribution < 1.29 is 14.3 Å². The van der Waals surface area contributed by atoms with E-state index < -0.39 is 0 Å². The Kier molecular flexibility index (Phi) is 6.87. The minimum Gasteiger partial charge on any atom is -0.477 e. The number of fused-ring (bicyclic) bond motifs is 1. The van der Waals surface area contributed by atoms with E-state index in [1.165, 1.54) is 39.0 Å². The number of amides is 1. The summed E-state index contributed by atoms with van der Waals surface area (Å²) in [6, 6.07) is 2.13. The van der Waals surface area contributed by atoms with Crippen LogP contribution in [-0.4, -0.2) is 45.8 Å². The molecule has 0 saturated heterocycles. The fourth-order valence-corrected chi connectivity index (χ4v) is 4.70. The van der Waals surface area contributed by atoms with Gasteiger partial charge in [0.25, 0.3) is 0 Å². The summed E-state index contributed by atoms with van der Waals surface area (Å²) in [4.78, 5) is 20.0. The second-order valence-corrected chi connectivity index (χ2v) is 9.09. The molecule has 0 unspecified atom stereocenters. The second-order valence-electron chi connectivity index (χ2n) is 9.09.